The Hall–Kier alpha value is -2.34. The Labute approximate surface area is 131 Å². The Balaban J connectivity index is 1.56. The number of thiophene rings is 1. The Kier molecular flexibility index (Phi) is 4.11. The van der Waals surface area contributed by atoms with Crippen LogP contribution in [0, 0.1) is 13.8 Å². The van der Waals surface area contributed by atoms with Gasteiger partial charge in [0.05, 0.1) is 16.8 Å². The monoisotopic (exact) mass is 316 g/mol. The summed E-state index contributed by atoms with van der Waals surface area (Å²) in [6.07, 6.45) is 2.44. The molecule has 3 aromatic rings. The van der Waals surface area contributed by atoms with Gasteiger partial charge in [-0.2, -0.15) is 0 Å². The zero-order valence-corrected chi connectivity index (χ0v) is 13.2. The molecule has 3 heterocycles. The third-order valence-electron chi connectivity index (χ3n) is 3.34. The largest absolute Gasteiger partial charge is 0.464 e. The summed E-state index contributed by atoms with van der Waals surface area (Å²) in [5.41, 5.74) is 1.15. The molecular weight excluding hydrogens is 300 g/mol. The van der Waals surface area contributed by atoms with Crippen molar-refractivity contribution < 1.29 is 13.7 Å². The van der Waals surface area contributed by atoms with Crippen LogP contribution in [0.5, 0.6) is 0 Å². The van der Waals surface area contributed by atoms with Gasteiger partial charge in [0.15, 0.2) is 0 Å². The average molecular weight is 316 g/mol. The third-order valence-corrected chi connectivity index (χ3v) is 4.50. The van der Waals surface area contributed by atoms with E-state index in [2.05, 4.69) is 16.5 Å². The quantitative estimate of drug-likeness (QED) is 0.781. The van der Waals surface area contributed by atoms with E-state index in [4.69, 9.17) is 8.94 Å². The molecule has 0 aliphatic rings. The van der Waals surface area contributed by atoms with Gasteiger partial charge in [-0.25, -0.2) is 0 Å². The fraction of sp³-hybridized carbons (Fsp3) is 0.250. The molecule has 5 nitrogen and oxygen atoms in total. The van der Waals surface area contributed by atoms with Gasteiger partial charge in [0, 0.05) is 11.4 Å². The van der Waals surface area contributed by atoms with Gasteiger partial charge in [-0.15, -0.1) is 11.3 Å². The summed E-state index contributed by atoms with van der Waals surface area (Å²) < 4.78 is 10.4. The second-order valence-corrected chi connectivity index (χ2v) is 6.12. The number of carbonyl (C=O) groups is 1. The number of aromatic nitrogens is 1. The van der Waals surface area contributed by atoms with Crippen LogP contribution in [0.15, 0.2) is 39.5 Å². The number of nitrogens with one attached hydrogen (secondary N) is 1. The molecule has 0 radical (unpaired) electrons. The van der Waals surface area contributed by atoms with E-state index >= 15 is 0 Å². The summed E-state index contributed by atoms with van der Waals surface area (Å²) in [7, 11) is 0. The minimum Gasteiger partial charge on any atom is -0.464 e. The maximum atomic E-state index is 12.1. The molecule has 1 amide bonds. The molecular formula is C16H16N2O3S. The Morgan fingerprint density at radius 1 is 1.32 bits per heavy atom. The Morgan fingerprint density at radius 2 is 2.18 bits per heavy atom. The highest BCUT2D eigenvalue weighted by Gasteiger charge is 2.16. The van der Waals surface area contributed by atoms with Gasteiger partial charge in [-0.3, -0.25) is 4.79 Å². The van der Waals surface area contributed by atoms with Crippen LogP contribution in [-0.4, -0.2) is 17.6 Å². The fourth-order valence-electron chi connectivity index (χ4n) is 2.26. The summed E-state index contributed by atoms with van der Waals surface area (Å²) >= 11 is 1.67. The van der Waals surface area contributed by atoms with Crippen molar-refractivity contribution in [1.29, 1.82) is 0 Å². The molecule has 3 rings (SSSR count). The van der Waals surface area contributed by atoms with Crippen LogP contribution < -0.4 is 5.32 Å². The van der Waals surface area contributed by atoms with Crippen LogP contribution in [0.1, 0.15) is 26.7 Å². The molecule has 0 aliphatic heterocycles. The molecule has 3 aromatic heterocycles. The lowest BCUT2D eigenvalue weighted by atomic mass is 10.2. The number of hydrogen-bond donors (Lipinski definition) is 1. The van der Waals surface area contributed by atoms with E-state index in [1.807, 2.05) is 18.2 Å². The molecule has 6 heteroatoms. The maximum Gasteiger partial charge on any atom is 0.256 e. The molecule has 0 atom stereocenters. The topological polar surface area (TPSA) is 68.3 Å². The highest BCUT2D eigenvalue weighted by atomic mass is 32.1. The van der Waals surface area contributed by atoms with Crippen LogP contribution in [0.4, 0.5) is 0 Å². The third kappa shape index (κ3) is 2.96. The van der Waals surface area contributed by atoms with Crippen molar-refractivity contribution in [3.8, 4) is 10.6 Å². The molecule has 0 unspecified atom stereocenters. The minimum atomic E-state index is -0.140. The number of aryl methyl sites for hydroxylation is 2. The SMILES string of the molecule is Cc1noc(C)c1C(=O)NCCc1ccc(-c2ccco2)s1. The van der Waals surface area contributed by atoms with Crippen LogP contribution in [0.2, 0.25) is 0 Å². The number of hydrogen-bond acceptors (Lipinski definition) is 5. The van der Waals surface area contributed by atoms with E-state index in [9.17, 15) is 4.79 Å². The number of nitrogens with zero attached hydrogens (tertiary/aromatic N) is 1. The maximum absolute atomic E-state index is 12.1. The van der Waals surface area contributed by atoms with E-state index in [1.165, 1.54) is 4.88 Å². The molecule has 0 spiro atoms. The Morgan fingerprint density at radius 3 is 2.86 bits per heavy atom. The van der Waals surface area contributed by atoms with E-state index in [-0.39, 0.29) is 5.91 Å². The van der Waals surface area contributed by atoms with Crippen molar-refractivity contribution in [1.82, 2.24) is 10.5 Å². The van der Waals surface area contributed by atoms with Gasteiger partial charge in [0.1, 0.15) is 17.1 Å². The first-order valence-electron chi connectivity index (χ1n) is 6.99. The zero-order valence-electron chi connectivity index (χ0n) is 12.4. The molecule has 0 saturated carbocycles. The summed E-state index contributed by atoms with van der Waals surface area (Å²) in [5, 5.41) is 6.69. The van der Waals surface area contributed by atoms with E-state index < -0.39 is 0 Å². The first-order valence-corrected chi connectivity index (χ1v) is 7.80. The Bertz CT molecular complexity index is 752. The molecule has 0 bridgehead atoms. The highest BCUT2D eigenvalue weighted by molar-refractivity contribution is 7.15. The lowest BCUT2D eigenvalue weighted by Crippen LogP contribution is -2.26. The van der Waals surface area contributed by atoms with Gasteiger partial charge in [-0.1, -0.05) is 5.16 Å². The average Bonchev–Trinajstić information content (AvgIpc) is 3.20. The van der Waals surface area contributed by atoms with Crippen LogP contribution in [-0.2, 0) is 6.42 Å². The standard InChI is InChI=1S/C16H16N2O3S/c1-10-15(11(2)21-18-10)16(19)17-8-7-12-5-6-14(22-12)13-4-3-9-20-13/h3-6,9H,7-8H2,1-2H3,(H,17,19). The molecule has 0 aromatic carbocycles. The van der Waals surface area contributed by atoms with E-state index in [1.54, 1.807) is 31.4 Å². The second kappa shape index (κ2) is 6.19. The highest BCUT2D eigenvalue weighted by Crippen LogP contribution is 2.28. The predicted molar refractivity (Wildman–Crippen MR) is 84.0 cm³/mol. The van der Waals surface area contributed by atoms with Gasteiger partial charge < -0.3 is 14.3 Å². The lowest BCUT2D eigenvalue weighted by Gasteiger charge is -2.03. The van der Waals surface area contributed by atoms with E-state index in [0.29, 0.717) is 23.6 Å². The second-order valence-electron chi connectivity index (χ2n) is 4.95. The first kappa shape index (κ1) is 14.6. The zero-order chi connectivity index (χ0) is 15.5. The van der Waals surface area contributed by atoms with Crippen molar-refractivity contribution in [3.05, 3.63) is 52.4 Å². The van der Waals surface area contributed by atoms with Gasteiger partial charge in [0.25, 0.3) is 5.91 Å². The molecule has 1 N–H and O–H groups in total. The summed E-state index contributed by atoms with van der Waals surface area (Å²) in [6, 6.07) is 7.91. The van der Waals surface area contributed by atoms with Crippen molar-refractivity contribution in [2.45, 2.75) is 20.3 Å². The number of furan rings is 1. The molecule has 0 fully saturated rings. The van der Waals surface area contributed by atoms with Gasteiger partial charge in [-0.05, 0) is 44.5 Å². The molecule has 0 aliphatic carbocycles. The van der Waals surface area contributed by atoms with Gasteiger partial charge >= 0.3 is 0 Å². The normalized spacial score (nSPS) is 10.8. The lowest BCUT2D eigenvalue weighted by molar-refractivity contribution is 0.0952. The minimum absolute atomic E-state index is 0.140. The fourth-order valence-corrected chi connectivity index (χ4v) is 3.23. The summed E-state index contributed by atoms with van der Waals surface area (Å²) in [4.78, 5) is 14.4. The molecule has 114 valence electrons. The summed E-state index contributed by atoms with van der Waals surface area (Å²) in [5.74, 6) is 1.28. The number of carbonyl (C=O) groups excluding carboxylic acids is 1. The van der Waals surface area contributed by atoms with Crippen molar-refractivity contribution >= 4 is 17.2 Å². The number of amides is 1. The van der Waals surface area contributed by atoms with E-state index in [0.717, 1.165) is 17.1 Å². The van der Waals surface area contributed by atoms with Crippen molar-refractivity contribution in [2.75, 3.05) is 6.54 Å². The van der Waals surface area contributed by atoms with Crippen molar-refractivity contribution in [2.24, 2.45) is 0 Å². The number of rotatable bonds is 5. The molecule has 0 saturated heterocycles. The summed E-state index contributed by atoms with van der Waals surface area (Å²) in [6.45, 7) is 4.07. The van der Waals surface area contributed by atoms with Crippen molar-refractivity contribution in [3.63, 3.8) is 0 Å². The molecule has 22 heavy (non-hydrogen) atoms. The van der Waals surface area contributed by atoms with Crippen LogP contribution >= 0.6 is 11.3 Å². The predicted octanol–water partition coefficient (Wildman–Crippen LogP) is 3.59. The van der Waals surface area contributed by atoms with Gasteiger partial charge in [0.2, 0.25) is 0 Å². The van der Waals surface area contributed by atoms with Crippen LogP contribution in [0.25, 0.3) is 10.6 Å². The smallest absolute Gasteiger partial charge is 0.256 e. The first-order chi connectivity index (χ1) is 10.6. The van der Waals surface area contributed by atoms with Crippen LogP contribution in [0.3, 0.4) is 0 Å².